The molecule has 0 aromatic heterocycles. The van der Waals surface area contributed by atoms with E-state index in [2.05, 4.69) is 15.5 Å². The van der Waals surface area contributed by atoms with Crippen molar-refractivity contribution in [1.29, 1.82) is 0 Å². The second-order valence-electron chi connectivity index (χ2n) is 7.69. The molecule has 1 saturated heterocycles. The Morgan fingerprint density at radius 1 is 0.844 bits per heavy atom. The number of amides is 2. The standard InChI is InChI=1S/C22H28N4O4S2/c1-17-3-5-18(6-4-17)23-21(27)15-31-16-22(28)24-19-7-9-20(10-8-19)32(29,30)26-13-11-25(2)12-14-26/h3-10H,11-16H2,1-2H3,(H,23,27)(H,24,28). The van der Waals surface area contributed by atoms with Crippen LogP contribution in [0.1, 0.15) is 5.56 Å². The Bertz CT molecular complexity index is 1030. The molecule has 2 aromatic carbocycles. The number of likely N-dealkylation sites (N-methyl/N-ethyl adjacent to an activating group) is 1. The lowest BCUT2D eigenvalue weighted by atomic mass is 10.2. The van der Waals surface area contributed by atoms with E-state index < -0.39 is 10.0 Å². The Balaban J connectivity index is 1.44. The predicted molar refractivity (Wildman–Crippen MR) is 128 cm³/mol. The molecule has 0 bridgehead atoms. The first-order chi connectivity index (χ1) is 15.2. The third-order valence-electron chi connectivity index (χ3n) is 5.04. The minimum atomic E-state index is -3.54. The van der Waals surface area contributed by atoms with Gasteiger partial charge in [0.05, 0.1) is 16.4 Å². The molecule has 0 aliphatic carbocycles. The lowest BCUT2D eigenvalue weighted by Gasteiger charge is -2.31. The number of anilines is 2. The molecule has 1 aliphatic rings. The smallest absolute Gasteiger partial charge is 0.243 e. The average Bonchev–Trinajstić information content (AvgIpc) is 2.76. The van der Waals surface area contributed by atoms with E-state index in [0.29, 0.717) is 31.9 Å². The third-order valence-corrected chi connectivity index (χ3v) is 7.89. The largest absolute Gasteiger partial charge is 0.325 e. The van der Waals surface area contributed by atoms with E-state index in [9.17, 15) is 18.0 Å². The highest BCUT2D eigenvalue weighted by molar-refractivity contribution is 8.00. The molecule has 32 heavy (non-hydrogen) atoms. The first-order valence-corrected chi connectivity index (χ1v) is 12.9. The van der Waals surface area contributed by atoms with Gasteiger partial charge in [-0.05, 0) is 50.4 Å². The van der Waals surface area contributed by atoms with E-state index in [1.807, 2.05) is 38.2 Å². The number of carbonyl (C=O) groups is 2. The molecule has 172 valence electrons. The summed E-state index contributed by atoms with van der Waals surface area (Å²) in [5.41, 5.74) is 2.34. The number of nitrogens with one attached hydrogen (secondary N) is 2. The summed E-state index contributed by atoms with van der Waals surface area (Å²) in [6.45, 7) is 4.31. The van der Waals surface area contributed by atoms with Gasteiger partial charge in [0, 0.05) is 37.6 Å². The van der Waals surface area contributed by atoms with Crippen LogP contribution in [0.3, 0.4) is 0 Å². The highest BCUT2D eigenvalue weighted by atomic mass is 32.2. The van der Waals surface area contributed by atoms with Crippen LogP contribution in [0.25, 0.3) is 0 Å². The summed E-state index contributed by atoms with van der Waals surface area (Å²) >= 11 is 1.21. The van der Waals surface area contributed by atoms with Crippen LogP contribution >= 0.6 is 11.8 Å². The van der Waals surface area contributed by atoms with Gasteiger partial charge in [-0.15, -0.1) is 11.8 Å². The zero-order chi connectivity index (χ0) is 23.1. The maximum atomic E-state index is 12.8. The van der Waals surface area contributed by atoms with Crippen LogP contribution in [0.2, 0.25) is 0 Å². The van der Waals surface area contributed by atoms with Gasteiger partial charge in [0.15, 0.2) is 0 Å². The van der Waals surface area contributed by atoms with Crippen molar-refractivity contribution in [2.24, 2.45) is 0 Å². The highest BCUT2D eigenvalue weighted by Crippen LogP contribution is 2.20. The van der Waals surface area contributed by atoms with Crippen molar-refractivity contribution in [3.05, 3.63) is 54.1 Å². The van der Waals surface area contributed by atoms with Gasteiger partial charge in [0.25, 0.3) is 0 Å². The number of aryl methyl sites for hydroxylation is 1. The summed E-state index contributed by atoms with van der Waals surface area (Å²) in [5.74, 6) is -0.162. The summed E-state index contributed by atoms with van der Waals surface area (Å²) in [6.07, 6.45) is 0. The molecule has 2 N–H and O–H groups in total. The Kier molecular flexibility index (Phi) is 8.30. The lowest BCUT2D eigenvalue weighted by molar-refractivity contribution is -0.114. The van der Waals surface area contributed by atoms with Gasteiger partial charge >= 0.3 is 0 Å². The molecule has 1 fully saturated rings. The summed E-state index contributed by atoms with van der Waals surface area (Å²) in [4.78, 5) is 26.4. The number of rotatable bonds is 8. The van der Waals surface area contributed by atoms with Crippen molar-refractivity contribution < 1.29 is 18.0 Å². The van der Waals surface area contributed by atoms with Crippen LogP contribution in [0.15, 0.2) is 53.4 Å². The van der Waals surface area contributed by atoms with E-state index in [0.717, 1.165) is 11.3 Å². The molecule has 8 nitrogen and oxygen atoms in total. The van der Waals surface area contributed by atoms with Gasteiger partial charge in [-0.3, -0.25) is 9.59 Å². The van der Waals surface area contributed by atoms with Crippen molar-refractivity contribution in [3.63, 3.8) is 0 Å². The molecular formula is C22H28N4O4S2. The van der Waals surface area contributed by atoms with Crippen LogP contribution < -0.4 is 10.6 Å². The van der Waals surface area contributed by atoms with Gasteiger partial charge in [0.1, 0.15) is 0 Å². The van der Waals surface area contributed by atoms with Crippen molar-refractivity contribution in [3.8, 4) is 0 Å². The number of benzene rings is 2. The Morgan fingerprint density at radius 3 is 1.81 bits per heavy atom. The van der Waals surface area contributed by atoms with Crippen LogP contribution in [-0.4, -0.2) is 74.2 Å². The minimum Gasteiger partial charge on any atom is -0.325 e. The highest BCUT2D eigenvalue weighted by Gasteiger charge is 2.27. The Morgan fingerprint density at radius 2 is 1.31 bits per heavy atom. The van der Waals surface area contributed by atoms with Gasteiger partial charge in [-0.25, -0.2) is 8.42 Å². The summed E-state index contributed by atoms with van der Waals surface area (Å²) < 4.78 is 27.0. The van der Waals surface area contributed by atoms with E-state index in [4.69, 9.17) is 0 Å². The fourth-order valence-corrected chi connectivity index (χ4v) is 5.19. The average molecular weight is 477 g/mol. The predicted octanol–water partition coefficient (Wildman–Crippen LogP) is 2.24. The first kappa shape index (κ1) is 24.2. The molecular weight excluding hydrogens is 448 g/mol. The van der Waals surface area contributed by atoms with E-state index >= 15 is 0 Å². The fraction of sp³-hybridized carbons (Fsp3) is 0.364. The van der Waals surface area contributed by atoms with E-state index in [1.165, 1.54) is 28.2 Å². The zero-order valence-electron chi connectivity index (χ0n) is 18.2. The molecule has 0 saturated carbocycles. The summed E-state index contributed by atoms with van der Waals surface area (Å²) in [6, 6.07) is 13.7. The molecule has 10 heteroatoms. The number of carbonyl (C=O) groups excluding carboxylic acids is 2. The molecule has 2 aromatic rings. The summed E-state index contributed by atoms with van der Waals surface area (Å²) in [7, 11) is -1.57. The number of sulfonamides is 1. The maximum Gasteiger partial charge on any atom is 0.243 e. The molecule has 2 amide bonds. The number of thioether (sulfide) groups is 1. The minimum absolute atomic E-state index is 0.114. The van der Waals surface area contributed by atoms with E-state index in [1.54, 1.807) is 12.1 Å². The third kappa shape index (κ3) is 6.80. The Labute approximate surface area is 193 Å². The quantitative estimate of drug-likeness (QED) is 0.606. The van der Waals surface area contributed by atoms with Gasteiger partial charge in [-0.1, -0.05) is 17.7 Å². The fourth-order valence-electron chi connectivity index (χ4n) is 3.16. The first-order valence-electron chi connectivity index (χ1n) is 10.3. The molecule has 0 radical (unpaired) electrons. The lowest BCUT2D eigenvalue weighted by Crippen LogP contribution is -2.46. The molecule has 1 aliphatic heterocycles. The topological polar surface area (TPSA) is 98.8 Å². The molecule has 1 heterocycles. The van der Waals surface area contributed by atoms with Crippen LogP contribution in [0.5, 0.6) is 0 Å². The normalized spacial score (nSPS) is 15.3. The van der Waals surface area contributed by atoms with Gasteiger partial charge in [-0.2, -0.15) is 4.31 Å². The maximum absolute atomic E-state index is 12.8. The van der Waals surface area contributed by atoms with Crippen molar-refractivity contribution >= 4 is 45.0 Å². The van der Waals surface area contributed by atoms with Crippen LogP contribution in [0, 0.1) is 6.92 Å². The SMILES string of the molecule is Cc1ccc(NC(=O)CSCC(=O)Nc2ccc(S(=O)(=O)N3CCN(C)CC3)cc2)cc1. The van der Waals surface area contributed by atoms with Crippen molar-refractivity contribution in [2.75, 3.05) is 55.4 Å². The second kappa shape index (κ2) is 11.0. The van der Waals surface area contributed by atoms with Gasteiger partial charge in [0.2, 0.25) is 21.8 Å². The molecule has 0 atom stereocenters. The molecule has 3 rings (SSSR count). The molecule has 0 spiro atoms. The zero-order valence-corrected chi connectivity index (χ0v) is 19.8. The number of hydrogen-bond donors (Lipinski definition) is 2. The van der Waals surface area contributed by atoms with Crippen molar-refractivity contribution in [2.45, 2.75) is 11.8 Å². The number of nitrogens with zero attached hydrogens (tertiary/aromatic N) is 2. The van der Waals surface area contributed by atoms with E-state index in [-0.39, 0.29) is 28.2 Å². The van der Waals surface area contributed by atoms with Crippen LogP contribution in [0.4, 0.5) is 11.4 Å². The van der Waals surface area contributed by atoms with Gasteiger partial charge < -0.3 is 15.5 Å². The molecule has 0 unspecified atom stereocenters. The Hall–Kier alpha value is -2.40. The number of hydrogen-bond acceptors (Lipinski definition) is 6. The number of piperazine rings is 1. The second-order valence-corrected chi connectivity index (χ2v) is 10.6. The van der Waals surface area contributed by atoms with Crippen molar-refractivity contribution in [1.82, 2.24) is 9.21 Å². The van der Waals surface area contributed by atoms with Crippen LogP contribution in [-0.2, 0) is 19.6 Å². The monoisotopic (exact) mass is 476 g/mol. The summed E-state index contributed by atoms with van der Waals surface area (Å²) in [5, 5.41) is 5.52.